The second kappa shape index (κ2) is 6.65. The van der Waals surface area contributed by atoms with Crippen molar-refractivity contribution in [3.63, 3.8) is 0 Å². The van der Waals surface area contributed by atoms with Gasteiger partial charge in [-0.15, -0.1) is 0 Å². The van der Waals surface area contributed by atoms with Crippen LogP contribution in [0.4, 0.5) is 0 Å². The van der Waals surface area contributed by atoms with Crippen LogP contribution in [0.15, 0.2) is 0 Å². The molecule has 1 aliphatic rings. The lowest BCUT2D eigenvalue weighted by atomic mass is 9.92. The molecule has 3 N–H and O–H groups in total. The van der Waals surface area contributed by atoms with E-state index in [0.29, 0.717) is 26.2 Å². The van der Waals surface area contributed by atoms with Crippen LogP contribution >= 0.6 is 0 Å². The summed E-state index contributed by atoms with van der Waals surface area (Å²) in [6, 6.07) is 0.116. The number of nitrogens with zero attached hydrogens (tertiary/aromatic N) is 1. The molecule has 0 aliphatic carbocycles. The van der Waals surface area contributed by atoms with Gasteiger partial charge < -0.3 is 10.5 Å². The lowest BCUT2D eigenvalue weighted by Gasteiger charge is -2.35. The average molecular weight is 265 g/mol. The minimum Gasteiger partial charge on any atom is -0.383 e. The molecule has 102 valence electrons. The fraction of sp³-hybridized carbons (Fsp3) is 1.00. The molecular weight excluding hydrogens is 242 g/mol. The zero-order valence-electron chi connectivity index (χ0n) is 10.6. The number of nitrogens with one attached hydrogen (secondary N) is 1. The van der Waals surface area contributed by atoms with Crippen LogP contribution < -0.4 is 10.5 Å². The lowest BCUT2D eigenvalue weighted by molar-refractivity contribution is 0.201. The van der Waals surface area contributed by atoms with E-state index < -0.39 is 10.2 Å². The molecule has 7 heteroatoms. The van der Waals surface area contributed by atoms with Crippen LogP contribution in [0.5, 0.6) is 0 Å². The maximum atomic E-state index is 11.9. The molecule has 1 fully saturated rings. The highest BCUT2D eigenvalue weighted by molar-refractivity contribution is 7.87. The maximum Gasteiger partial charge on any atom is 0.279 e. The Kier molecular flexibility index (Phi) is 5.81. The lowest BCUT2D eigenvalue weighted by Crippen LogP contribution is -2.52. The second-order valence-corrected chi connectivity index (χ2v) is 6.13. The van der Waals surface area contributed by atoms with Crippen molar-refractivity contribution in [1.82, 2.24) is 9.03 Å². The molecule has 0 bridgehead atoms. The molecule has 1 aliphatic heterocycles. The van der Waals surface area contributed by atoms with E-state index in [9.17, 15) is 8.42 Å². The van der Waals surface area contributed by atoms with Crippen LogP contribution in [0, 0.1) is 5.92 Å². The number of hydrogen-bond donors (Lipinski definition) is 2. The van der Waals surface area contributed by atoms with Crippen molar-refractivity contribution in [3.8, 4) is 0 Å². The summed E-state index contributed by atoms with van der Waals surface area (Å²) in [7, 11) is -1.83. The predicted molar refractivity (Wildman–Crippen MR) is 66.7 cm³/mol. The first kappa shape index (κ1) is 14.8. The number of hydrogen-bond acceptors (Lipinski definition) is 4. The first-order chi connectivity index (χ1) is 8.01. The number of nitrogens with two attached hydrogens (primary N) is 1. The Hall–Kier alpha value is -0.210. The average Bonchev–Trinajstić information content (AvgIpc) is 2.29. The van der Waals surface area contributed by atoms with Crippen LogP contribution in [0.25, 0.3) is 0 Å². The molecule has 6 nitrogen and oxygen atoms in total. The minimum absolute atomic E-state index is 0.116. The van der Waals surface area contributed by atoms with E-state index in [2.05, 4.69) is 4.72 Å². The highest BCUT2D eigenvalue weighted by atomic mass is 32.2. The van der Waals surface area contributed by atoms with Crippen LogP contribution in [-0.2, 0) is 14.9 Å². The maximum absolute atomic E-state index is 11.9. The van der Waals surface area contributed by atoms with Gasteiger partial charge in [0, 0.05) is 32.8 Å². The molecular formula is C10H23N3O3S. The Morgan fingerprint density at radius 2 is 2.24 bits per heavy atom. The highest BCUT2D eigenvalue weighted by Gasteiger charge is 2.31. The van der Waals surface area contributed by atoms with Crippen LogP contribution in [0.2, 0.25) is 0 Å². The van der Waals surface area contributed by atoms with Gasteiger partial charge in [0.25, 0.3) is 10.2 Å². The standard InChI is InChI=1S/C10H23N3O3S/c1-3-9-8-13(6-4-10(9)11)17(14,15)12-5-7-16-2/h9-10,12H,3-8,11H2,1-2H3. The molecule has 2 atom stereocenters. The van der Waals surface area contributed by atoms with Gasteiger partial charge in [-0.25, -0.2) is 0 Å². The van der Waals surface area contributed by atoms with E-state index in [1.807, 2.05) is 6.92 Å². The molecule has 0 radical (unpaired) electrons. The molecule has 0 saturated carbocycles. The van der Waals surface area contributed by atoms with E-state index in [1.165, 1.54) is 4.31 Å². The Balaban J connectivity index is 2.54. The van der Waals surface area contributed by atoms with Gasteiger partial charge in [0.15, 0.2) is 0 Å². The molecule has 2 unspecified atom stereocenters. The minimum atomic E-state index is -3.37. The van der Waals surface area contributed by atoms with Gasteiger partial charge in [-0.3, -0.25) is 0 Å². The number of rotatable bonds is 6. The van der Waals surface area contributed by atoms with Gasteiger partial charge in [-0.05, 0) is 12.3 Å². The summed E-state index contributed by atoms with van der Waals surface area (Å²) in [5.41, 5.74) is 5.95. The van der Waals surface area contributed by atoms with Gasteiger partial charge >= 0.3 is 0 Å². The summed E-state index contributed by atoms with van der Waals surface area (Å²) in [6.45, 7) is 3.74. The van der Waals surface area contributed by atoms with Crippen molar-refractivity contribution >= 4 is 10.2 Å². The summed E-state index contributed by atoms with van der Waals surface area (Å²) in [5, 5.41) is 0. The highest BCUT2D eigenvalue weighted by Crippen LogP contribution is 2.20. The fourth-order valence-corrected chi connectivity index (χ4v) is 3.29. The summed E-state index contributed by atoms with van der Waals surface area (Å²) in [6.07, 6.45) is 1.63. The van der Waals surface area contributed by atoms with Crippen molar-refractivity contribution in [1.29, 1.82) is 0 Å². The van der Waals surface area contributed by atoms with Crippen LogP contribution in [0.1, 0.15) is 19.8 Å². The molecule has 1 heterocycles. The molecule has 17 heavy (non-hydrogen) atoms. The third-order valence-corrected chi connectivity index (χ3v) is 4.79. The Labute approximate surface area is 104 Å². The zero-order chi connectivity index (χ0) is 12.9. The summed E-state index contributed by atoms with van der Waals surface area (Å²) >= 11 is 0. The Morgan fingerprint density at radius 3 is 2.82 bits per heavy atom. The molecule has 0 spiro atoms. The largest absolute Gasteiger partial charge is 0.383 e. The summed E-state index contributed by atoms with van der Waals surface area (Å²) in [4.78, 5) is 0. The Bertz CT molecular complexity index is 321. The quantitative estimate of drug-likeness (QED) is 0.636. The summed E-state index contributed by atoms with van der Waals surface area (Å²) in [5.74, 6) is 0.253. The fourth-order valence-electron chi connectivity index (χ4n) is 2.03. The van der Waals surface area contributed by atoms with Crippen LogP contribution in [0.3, 0.4) is 0 Å². The second-order valence-electron chi connectivity index (χ2n) is 4.37. The van der Waals surface area contributed by atoms with Gasteiger partial charge in [-0.1, -0.05) is 13.3 Å². The van der Waals surface area contributed by atoms with Gasteiger partial charge in [0.2, 0.25) is 0 Å². The van der Waals surface area contributed by atoms with Crippen LogP contribution in [-0.4, -0.2) is 52.1 Å². The van der Waals surface area contributed by atoms with E-state index in [-0.39, 0.29) is 12.0 Å². The Morgan fingerprint density at radius 1 is 1.53 bits per heavy atom. The number of ether oxygens (including phenoxy) is 1. The molecule has 0 aromatic heterocycles. The van der Waals surface area contributed by atoms with Gasteiger partial charge in [-0.2, -0.15) is 17.4 Å². The van der Waals surface area contributed by atoms with E-state index >= 15 is 0 Å². The van der Waals surface area contributed by atoms with E-state index in [1.54, 1.807) is 7.11 Å². The molecule has 0 aromatic rings. The zero-order valence-corrected chi connectivity index (χ0v) is 11.4. The number of methoxy groups -OCH3 is 1. The van der Waals surface area contributed by atoms with E-state index in [4.69, 9.17) is 10.5 Å². The van der Waals surface area contributed by atoms with Crippen molar-refractivity contribution in [2.75, 3.05) is 33.4 Å². The third-order valence-electron chi connectivity index (χ3n) is 3.21. The molecule has 0 amide bonds. The SMILES string of the molecule is CCC1CN(S(=O)(=O)NCCOC)CCC1N. The molecule has 0 aromatic carbocycles. The number of piperidine rings is 1. The topological polar surface area (TPSA) is 84.7 Å². The van der Waals surface area contributed by atoms with Gasteiger partial charge in [0.05, 0.1) is 6.61 Å². The summed E-state index contributed by atoms with van der Waals surface area (Å²) < 4.78 is 32.7. The monoisotopic (exact) mass is 265 g/mol. The first-order valence-corrected chi connectivity index (χ1v) is 7.44. The molecule has 1 saturated heterocycles. The van der Waals surface area contributed by atoms with Crippen molar-refractivity contribution in [2.45, 2.75) is 25.8 Å². The van der Waals surface area contributed by atoms with E-state index in [0.717, 1.165) is 12.8 Å². The predicted octanol–water partition coefficient (Wildman–Crippen LogP) is -0.474. The molecule has 1 rings (SSSR count). The van der Waals surface area contributed by atoms with Crippen molar-refractivity contribution in [2.24, 2.45) is 11.7 Å². The smallest absolute Gasteiger partial charge is 0.279 e. The first-order valence-electron chi connectivity index (χ1n) is 6.00. The normalized spacial score (nSPS) is 27.2. The van der Waals surface area contributed by atoms with Crippen molar-refractivity contribution < 1.29 is 13.2 Å². The third kappa shape index (κ3) is 4.18. The van der Waals surface area contributed by atoms with Crippen molar-refractivity contribution in [3.05, 3.63) is 0 Å². The van der Waals surface area contributed by atoms with Gasteiger partial charge in [0.1, 0.15) is 0 Å².